The van der Waals surface area contributed by atoms with Crippen LogP contribution in [0, 0.1) is 20.8 Å². The van der Waals surface area contributed by atoms with E-state index >= 15 is 0 Å². The maximum absolute atomic E-state index is 5.65. The van der Waals surface area contributed by atoms with E-state index < -0.39 is 0 Å². The number of hydrogen-bond donors (Lipinski definition) is 0. The van der Waals surface area contributed by atoms with Gasteiger partial charge in [0.15, 0.2) is 0 Å². The van der Waals surface area contributed by atoms with Crippen molar-refractivity contribution in [2.45, 2.75) is 27.2 Å². The van der Waals surface area contributed by atoms with Crippen LogP contribution in [0.2, 0.25) is 0 Å². The van der Waals surface area contributed by atoms with E-state index in [0.717, 1.165) is 12.2 Å². The van der Waals surface area contributed by atoms with Crippen LogP contribution in [-0.2, 0) is 6.42 Å². The summed E-state index contributed by atoms with van der Waals surface area (Å²) in [5.41, 5.74) is 9.58. The third-order valence-corrected chi connectivity index (χ3v) is 4.27. The molecule has 0 amide bonds. The van der Waals surface area contributed by atoms with Gasteiger partial charge in [0.05, 0.1) is 7.11 Å². The van der Waals surface area contributed by atoms with E-state index in [0.29, 0.717) is 0 Å². The van der Waals surface area contributed by atoms with Crippen molar-refractivity contribution < 1.29 is 4.74 Å². The third-order valence-electron chi connectivity index (χ3n) is 4.27. The highest BCUT2D eigenvalue weighted by Gasteiger charge is 2.26. The molecule has 0 saturated carbocycles. The SMILES string of the molecule is COc1c(C)c(C)c(C)c2c1Cc1ccccc1-2. The molecule has 0 heterocycles. The van der Waals surface area contributed by atoms with E-state index in [2.05, 4.69) is 45.0 Å². The van der Waals surface area contributed by atoms with E-state index in [9.17, 15) is 0 Å². The van der Waals surface area contributed by atoms with Crippen LogP contribution >= 0.6 is 0 Å². The first kappa shape index (κ1) is 11.3. The fourth-order valence-electron chi connectivity index (χ4n) is 3.12. The normalized spacial score (nSPS) is 12.2. The molecule has 0 fully saturated rings. The molecule has 92 valence electrons. The molecule has 0 N–H and O–H groups in total. The molecule has 0 bridgehead atoms. The van der Waals surface area contributed by atoms with Gasteiger partial charge in [0.1, 0.15) is 5.75 Å². The standard InChI is InChI=1S/C17H18O/c1-10-11(2)16-14-8-6-5-7-13(14)9-15(16)17(18-4)12(10)3/h5-8H,9H2,1-4H3. The van der Waals surface area contributed by atoms with Gasteiger partial charge in [-0.05, 0) is 54.2 Å². The maximum Gasteiger partial charge on any atom is 0.126 e. The molecule has 1 aliphatic rings. The summed E-state index contributed by atoms with van der Waals surface area (Å²) in [6.07, 6.45) is 0.997. The van der Waals surface area contributed by atoms with E-state index in [-0.39, 0.29) is 0 Å². The topological polar surface area (TPSA) is 9.23 Å². The van der Waals surface area contributed by atoms with E-state index in [1.807, 2.05) is 0 Å². The minimum Gasteiger partial charge on any atom is -0.496 e. The second kappa shape index (κ2) is 3.88. The molecule has 1 aliphatic carbocycles. The fraction of sp³-hybridized carbons (Fsp3) is 0.294. The zero-order valence-corrected chi connectivity index (χ0v) is 11.4. The molecule has 1 heteroatoms. The van der Waals surface area contributed by atoms with Crippen molar-refractivity contribution in [3.05, 3.63) is 52.1 Å². The predicted octanol–water partition coefficient (Wildman–Crippen LogP) is 4.19. The molecule has 0 aliphatic heterocycles. The second-order valence-corrected chi connectivity index (χ2v) is 5.10. The maximum atomic E-state index is 5.65. The summed E-state index contributed by atoms with van der Waals surface area (Å²) in [5, 5.41) is 0. The Bertz CT molecular complexity index is 639. The number of ether oxygens (including phenoxy) is 1. The van der Waals surface area contributed by atoms with Crippen molar-refractivity contribution in [1.29, 1.82) is 0 Å². The first-order valence-corrected chi connectivity index (χ1v) is 6.40. The van der Waals surface area contributed by atoms with Crippen LogP contribution < -0.4 is 4.74 Å². The zero-order valence-electron chi connectivity index (χ0n) is 11.4. The lowest BCUT2D eigenvalue weighted by Gasteiger charge is -2.17. The smallest absolute Gasteiger partial charge is 0.126 e. The Labute approximate surface area is 108 Å². The molecule has 1 nitrogen and oxygen atoms in total. The van der Waals surface area contributed by atoms with Crippen molar-refractivity contribution in [3.8, 4) is 16.9 Å². The summed E-state index contributed by atoms with van der Waals surface area (Å²) in [7, 11) is 1.78. The van der Waals surface area contributed by atoms with Gasteiger partial charge >= 0.3 is 0 Å². The van der Waals surface area contributed by atoms with Crippen LogP contribution in [0.4, 0.5) is 0 Å². The Morgan fingerprint density at radius 1 is 0.944 bits per heavy atom. The van der Waals surface area contributed by atoms with Gasteiger partial charge in [-0.25, -0.2) is 0 Å². The summed E-state index contributed by atoms with van der Waals surface area (Å²) >= 11 is 0. The van der Waals surface area contributed by atoms with Gasteiger partial charge in [0.2, 0.25) is 0 Å². The molecule has 18 heavy (non-hydrogen) atoms. The van der Waals surface area contributed by atoms with Gasteiger partial charge in [-0.2, -0.15) is 0 Å². The van der Waals surface area contributed by atoms with Gasteiger partial charge in [0, 0.05) is 12.0 Å². The van der Waals surface area contributed by atoms with Crippen LogP contribution in [-0.4, -0.2) is 7.11 Å². The third kappa shape index (κ3) is 1.34. The van der Waals surface area contributed by atoms with Crippen molar-refractivity contribution in [2.75, 3.05) is 7.11 Å². The highest BCUT2D eigenvalue weighted by atomic mass is 16.5. The molecule has 0 radical (unpaired) electrons. The lowest BCUT2D eigenvalue weighted by Crippen LogP contribution is -1.99. The molecule has 0 atom stereocenters. The Morgan fingerprint density at radius 3 is 2.39 bits per heavy atom. The fourth-order valence-corrected chi connectivity index (χ4v) is 3.12. The molecule has 0 spiro atoms. The lowest BCUT2D eigenvalue weighted by molar-refractivity contribution is 0.407. The number of fused-ring (bicyclic) bond motifs is 3. The molecular formula is C17H18O. The summed E-state index contributed by atoms with van der Waals surface area (Å²) in [6.45, 7) is 6.57. The second-order valence-electron chi connectivity index (χ2n) is 5.10. The average Bonchev–Trinajstić information content (AvgIpc) is 2.76. The van der Waals surface area contributed by atoms with Gasteiger partial charge in [0.25, 0.3) is 0 Å². The highest BCUT2D eigenvalue weighted by molar-refractivity contribution is 5.83. The van der Waals surface area contributed by atoms with Crippen LogP contribution in [0.3, 0.4) is 0 Å². The number of methoxy groups -OCH3 is 1. The minimum absolute atomic E-state index is 0.997. The quantitative estimate of drug-likeness (QED) is 0.617. The Balaban J connectivity index is 2.39. The summed E-state index contributed by atoms with van der Waals surface area (Å²) in [5.74, 6) is 1.07. The van der Waals surface area contributed by atoms with Gasteiger partial charge in [-0.3, -0.25) is 0 Å². The van der Waals surface area contributed by atoms with E-state index in [1.165, 1.54) is 38.9 Å². The van der Waals surface area contributed by atoms with Gasteiger partial charge in [-0.1, -0.05) is 24.3 Å². The minimum atomic E-state index is 0.997. The van der Waals surface area contributed by atoms with Crippen LogP contribution in [0.1, 0.15) is 27.8 Å². The lowest BCUT2D eigenvalue weighted by atomic mass is 9.92. The summed E-state index contributed by atoms with van der Waals surface area (Å²) in [4.78, 5) is 0. The van der Waals surface area contributed by atoms with Crippen LogP contribution in [0.15, 0.2) is 24.3 Å². The van der Waals surface area contributed by atoms with Crippen molar-refractivity contribution in [2.24, 2.45) is 0 Å². The average molecular weight is 238 g/mol. The molecule has 3 rings (SSSR count). The van der Waals surface area contributed by atoms with Crippen molar-refractivity contribution in [1.82, 2.24) is 0 Å². The van der Waals surface area contributed by atoms with Gasteiger partial charge in [-0.15, -0.1) is 0 Å². The Morgan fingerprint density at radius 2 is 1.67 bits per heavy atom. The number of benzene rings is 2. The molecular weight excluding hydrogens is 220 g/mol. The first-order valence-electron chi connectivity index (χ1n) is 6.40. The van der Waals surface area contributed by atoms with E-state index in [1.54, 1.807) is 7.11 Å². The highest BCUT2D eigenvalue weighted by Crippen LogP contribution is 2.46. The predicted molar refractivity (Wildman–Crippen MR) is 75.4 cm³/mol. The zero-order chi connectivity index (χ0) is 12.9. The Kier molecular flexibility index (Phi) is 2.44. The van der Waals surface area contributed by atoms with Crippen molar-refractivity contribution in [3.63, 3.8) is 0 Å². The molecule has 0 saturated heterocycles. The largest absolute Gasteiger partial charge is 0.496 e. The van der Waals surface area contributed by atoms with E-state index in [4.69, 9.17) is 4.74 Å². The monoisotopic (exact) mass is 238 g/mol. The van der Waals surface area contributed by atoms with Gasteiger partial charge < -0.3 is 4.74 Å². The summed E-state index contributed by atoms with van der Waals surface area (Å²) < 4.78 is 5.65. The number of hydrogen-bond acceptors (Lipinski definition) is 1. The molecule has 0 aromatic heterocycles. The summed E-state index contributed by atoms with van der Waals surface area (Å²) in [6, 6.07) is 8.68. The molecule has 0 unspecified atom stereocenters. The van der Waals surface area contributed by atoms with Crippen LogP contribution in [0.5, 0.6) is 5.75 Å². The molecule has 2 aromatic carbocycles. The number of rotatable bonds is 1. The van der Waals surface area contributed by atoms with Crippen molar-refractivity contribution >= 4 is 0 Å². The Hall–Kier alpha value is -1.76. The first-order chi connectivity index (χ1) is 8.65. The van der Waals surface area contributed by atoms with Crippen LogP contribution in [0.25, 0.3) is 11.1 Å². The molecule has 2 aromatic rings.